The van der Waals surface area contributed by atoms with Gasteiger partial charge in [0, 0.05) is 43.3 Å². The number of nitrogens with zero attached hydrogens (tertiary/aromatic N) is 4. The molecule has 0 bridgehead atoms. The molecule has 1 aliphatic heterocycles. The summed E-state index contributed by atoms with van der Waals surface area (Å²) in [5.74, 6) is 0.691. The molecule has 1 aromatic heterocycles. The SMILES string of the molecule is Oc1ccccc1C1=Nc2c(ccc3c(-c4ccccc4)nc(-c4ccccc4O)nc23)N(c2ccccc2)C1.[Pt]. The van der Waals surface area contributed by atoms with E-state index >= 15 is 0 Å². The molecule has 0 amide bonds. The first-order valence-electron chi connectivity index (χ1n) is 13.0. The van der Waals surface area contributed by atoms with Crippen molar-refractivity contribution in [3.05, 3.63) is 127 Å². The zero-order valence-electron chi connectivity index (χ0n) is 21.8. The number of aliphatic imine (C=N–C) groups is 1. The fourth-order valence-corrected chi connectivity index (χ4v) is 5.20. The summed E-state index contributed by atoms with van der Waals surface area (Å²) in [6.07, 6.45) is 0. The van der Waals surface area contributed by atoms with Crippen LogP contribution in [0.5, 0.6) is 11.5 Å². The molecule has 7 rings (SSSR count). The number of hydrogen-bond donors (Lipinski definition) is 2. The van der Waals surface area contributed by atoms with E-state index in [1.807, 2.05) is 78.9 Å². The third-order valence-corrected chi connectivity index (χ3v) is 7.14. The van der Waals surface area contributed by atoms with Gasteiger partial charge < -0.3 is 15.1 Å². The maximum Gasteiger partial charge on any atom is 0.164 e. The van der Waals surface area contributed by atoms with Gasteiger partial charge in [-0.25, -0.2) is 15.0 Å². The van der Waals surface area contributed by atoms with Gasteiger partial charge in [0.2, 0.25) is 0 Å². The number of hydrogen-bond acceptors (Lipinski definition) is 6. The monoisotopic (exact) mass is 715 g/mol. The molecule has 0 saturated heterocycles. The molecule has 0 atom stereocenters. The Kier molecular flexibility index (Phi) is 7.08. The average molecular weight is 716 g/mol. The van der Waals surface area contributed by atoms with Crippen molar-refractivity contribution in [2.24, 2.45) is 4.99 Å². The van der Waals surface area contributed by atoms with Crippen molar-refractivity contribution in [1.29, 1.82) is 0 Å². The number of phenols is 2. The first-order valence-corrected chi connectivity index (χ1v) is 13.0. The minimum atomic E-state index is 0. The number of para-hydroxylation sites is 3. The minimum absolute atomic E-state index is 0. The molecule has 2 N–H and O–H groups in total. The van der Waals surface area contributed by atoms with Crippen molar-refractivity contribution in [1.82, 2.24) is 9.97 Å². The second kappa shape index (κ2) is 11.0. The summed E-state index contributed by atoms with van der Waals surface area (Å²) in [5, 5.41) is 22.3. The second-order valence-electron chi connectivity index (χ2n) is 9.61. The maximum absolute atomic E-state index is 10.7. The van der Waals surface area contributed by atoms with Gasteiger partial charge in [-0.15, -0.1) is 0 Å². The van der Waals surface area contributed by atoms with Crippen molar-refractivity contribution in [2.75, 3.05) is 11.4 Å². The van der Waals surface area contributed by atoms with Gasteiger partial charge in [-0.3, -0.25) is 0 Å². The third-order valence-electron chi connectivity index (χ3n) is 7.14. The van der Waals surface area contributed by atoms with Crippen molar-refractivity contribution >= 4 is 33.7 Å². The van der Waals surface area contributed by atoms with E-state index < -0.39 is 0 Å². The summed E-state index contributed by atoms with van der Waals surface area (Å²) in [6, 6.07) is 38.5. The van der Waals surface area contributed by atoms with Crippen molar-refractivity contribution < 1.29 is 31.3 Å². The van der Waals surface area contributed by atoms with E-state index in [1.165, 1.54) is 0 Å². The number of aromatic hydroxyl groups is 2. The number of benzene rings is 5. The van der Waals surface area contributed by atoms with Crippen LogP contribution in [0.4, 0.5) is 17.1 Å². The van der Waals surface area contributed by atoms with Gasteiger partial charge in [-0.05, 0) is 48.5 Å². The van der Waals surface area contributed by atoms with E-state index in [4.69, 9.17) is 15.0 Å². The molecule has 0 saturated carbocycles. The number of fused-ring (bicyclic) bond motifs is 3. The third kappa shape index (κ3) is 4.77. The molecule has 0 spiro atoms. The van der Waals surface area contributed by atoms with Crippen molar-refractivity contribution in [2.45, 2.75) is 0 Å². The molecule has 0 aliphatic carbocycles. The van der Waals surface area contributed by atoms with Gasteiger partial charge in [0.15, 0.2) is 5.82 Å². The molecule has 0 unspecified atom stereocenters. The van der Waals surface area contributed by atoms with Crippen molar-refractivity contribution in [3.63, 3.8) is 0 Å². The van der Waals surface area contributed by atoms with E-state index in [1.54, 1.807) is 24.3 Å². The van der Waals surface area contributed by atoms with Crippen LogP contribution in [0.2, 0.25) is 0 Å². The van der Waals surface area contributed by atoms with Gasteiger partial charge in [0.25, 0.3) is 0 Å². The average Bonchev–Trinajstić information content (AvgIpc) is 3.01. The second-order valence-corrected chi connectivity index (χ2v) is 9.61. The van der Waals surface area contributed by atoms with Crippen LogP contribution in [0.25, 0.3) is 33.5 Å². The van der Waals surface area contributed by atoms with Crippen LogP contribution in [0.1, 0.15) is 5.56 Å². The van der Waals surface area contributed by atoms with Crippen molar-refractivity contribution in [3.8, 4) is 34.1 Å². The number of anilines is 2. The summed E-state index contributed by atoms with van der Waals surface area (Å²) in [4.78, 5) is 17.3. The summed E-state index contributed by atoms with van der Waals surface area (Å²) < 4.78 is 0. The van der Waals surface area contributed by atoms with Crippen LogP contribution in [0.3, 0.4) is 0 Å². The van der Waals surface area contributed by atoms with E-state index in [2.05, 4.69) is 23.1 Å². The van der Waals surface area contributed by atoms with E-state index in [-0.39, 0.29) is 32.6 Å². The molecule has 6 nitrogen and oxygen atoms in total. The molecule has 2 heterocycles. The Morgan fingerprint density at radius 1 is 0.610 bits per heavy atom. The topological polar surface area (TPSA) is 81.8 Å². The van der Waals surface area contributed by atoms with E-state index in [0.29, 0.717) is 34.7 Å². The van der Waals surface area contributed by atoms with Gasteiger partial charge in [-0.1, -0.05) is 72.8 Å². The molecular formula is C34H24N4O2Pt. The van der Waals surface area contributed by atoms with Gasteiger partial charge in [0.1, 0.15) is 22.7 Å². The smallest absolute Gasteiger partial charge is 0.164 e. The number of phenolic OH excluding ortho intramolecular Hbond substituents is 2. The Hall–Kier alpha value is -4.80. The summed E-state index contributed by atoms with van der Waals surface area (Å²) in [7, 11) is 0. The zero-order chi connectivity index (χ0) is 27.1. The number of rotatable bonds is 4. The number of aromatic nitrogens is 2. The predicted octanol–water partition coefficient (Wildman–Crippen LogP) is 7.65. The Balaban J connectivity index is 0.00000302. The molecule has 0 fully saturated rings. The van der Waals surface area contributed by atoms with E-state index in [0.717, 1.165) is 33.7 Å². The molecule has 1 aliphatic rings. The van der Waals surface area contributed by atoms with Crippen LogP contribution < -0.4 is 4.90 Å². The largest absolute Gasteiger partial charge is 0.507 e. The van der Waals surface area contributed by atoms with E-state index in [9.17, 15) is 10.2 Å². The molecule has 0 radical (unpaired) electrons. The van der Waals surface area contributed by atoms with Gasteiger partial charge >= 0.3 is 0 Å². The summed E-state index contributed by atoms with van der Waals surface area (Å²) in [5.41, 5.74) is 6.88. The Morgan fingerprint density at radius 2 is 1.22 bits per heavy atom. The maximum atomic E-state index is 10.7. The molecular weight excluding hydrogens is 691 g/mol. The van der Waals surface area contributed by atoms with Crippen LogP contribution in [0.15, 0.2) is 126 Å². The fourth-order valence-electron chi connectivity index (χ4n) is 5.20. The van der Waals surface area contributed by atoms with Gasteiger partial charge in [0.05, 0.1) is 29.2 Å². The molecule has 6 aromatic rings. The van der Waals surface area contributed by atoms with Crippen LogP contribution in [0, 0.1) is 0 Å². The zero-order valence-corrected chi connectivity index (χ0v) is 24.0. The predicted molar refractivity (Wildman–Crippen MR) is 160 cm³/mol. The molecule has 7 heteroatoms. The van der Waals surface area contributed by atoms with Crippen LogP contribution in [-0.4, -0.2) is 32.4 Å². The normalized spacial score (nSPS) is 12.4. The minimum Gasteiger partial charge on any atom is -0.507 e. The Morgan fingerprint density at radius 3 is 1.90 bits per heavy atom. The van der Waals surface area contributed by atoms with Gasteiger partial charge in [-0.2, -0.15) is 0 Å². The van der Waals surface area contributed by atoms with Crippen LogP contribution in [-0.2, 0) is 21.1 Å². The van der Waals surface area contributed by atoms with Crippen LogP contribution >= 0.6 is 0 Å². The summed E-state index contributed by atoms with van der Waals surface area (Å²) >= 11 is 0. The fraction of sp³-hybridized carbons (Fsp3) is 0.0294. The molecule has 5 aromatic carbocycles. The first kappa shape index (κ1) is 26.4. The molecule has 202 valence electrons. The Bertz CT molecular complexity index is 1910. The quantitative estimate of drug-likeness (QED) is 0.196. The Labute approximate surface area is 251 Å². The summed E-state index contributed by atoms with van der Waals surface area (Å²) in [6.45, 7) is 0.475. The first-order chi connectivity index (χ1) is 19.7. The molecule has 41 heavy (non-hydrogen) atoms. The standard InChI is InChI=1S/C34H24N4O2.Pt/c39-29-17-9-7-15-24(29)27-21-38(23-13-5-2-6-14-23)28-20-19-26-31(22-11-3-1-4-12-22)36-34(37-32(26)33(28)35-27)25-16-8-10-18-30(25)40;/h1-20,39-40H,21H2;.